The summed E-state index contributed by atoms with van der Waals surface area (Å²) in [6.45, 7) is 7.71. The molecule has 0 radical (unpaired) electrons. The second-order valence-corrected chi connectivity index (χ2v) is 10.8. The smallest absolute Gasteiger partial charge is 0.242 e. The first-order valence-electron chi connectivity index (χ1n) is 11.8. The van der Waals surface area contributed by atoms with E-state index in [2.05, 4.69) is 5.32 Å². The quantitative estimate of drug-likeness (QED) is 0.472. The molecule has 0 aromatic heterocycles. The zero-order valence-corrected chi connectivity index (χ0v) is 21.9. The number of carbonyl (C=O) groups is 2. The Labute approximate surface area is 208 Å². The van der Waals surface area contributed by atoms with Gasteiger partial charge in [-0.3, -0.25) is 13.9 Å². The van der Waals surface area contributed by atoms with Crippen molar-refractivity contribution >= 4 is 27.5 Å². The van der Waals surface area contributed by atoms with Gasteiger partial charge in [-0.05, 0) is 51.3 Å². The molecule has 2 amide bonds. The van der Waals surface area contributed by atoms with Gasteiger partial charge in [0.2, 0.25) is 21.8 Å². The van der Waals surface area contributed by atoms with E-state index in [1.807, 2.05) is 45.0 Å². The molecule has 0 saturated carbocycles. The Balaban J connectivity index is 2.17. The molecular weight excluding hydrogens is 469 g/mol. The van der Waals surface area contributed by atoms with Gasteiger partial charge in [0, 0.05) is 25.6 Å². The zero-order chi connectivity index (χ0) is 26.2. The standard InChI is InChI=1S/C26H36FN3O4S/c1-6-20(3)28-26(32)21(4)29(18-22-15-13-19(2)14-16-22)25(31)12-9-17-30(35(5,33)34)24-11-8-7-10-23(24)27/h7-8,10-11,13-16,20-21H,6,9,12,17-18H2,1-5H3,(H,28,32)/t20-,21+/m0/s1. The average Bonchev–Trinajstić information content (AvgIpc) is 2.80. The predicted molar refractivity (Wildman–Crippen MR) is 137 cm³/mol. The Morgan fingerprint density at radius 3 is 2.26 bits per heavy atom. The molecule has 192 valence electrons. The molecule has 0 aliphatic rings. The summed E-state index contributed by atoms with van der Waals surface area (Å²) in [7, 11) is -3.75. The number of nitrogens with one attached hydrogen (secondary N) is 1. The largest absolute Gasteiger partial charge is 0.352 e. The van der Waals surface area contributed by atoms with Crippen LogP contribution in [0.25, 0.3) is 0 Å². The molecule has 2 rings (SSSR count). The van der Waals surface area contributed by atoms with Crippen molar-refractivity contribution in [3.63, 3.8) is 0 Å². The van der Waals surface area contributed by atoms with Crippen LogP contribution in [0.3, 0.4) is 0 Å². The van der Waals surface area contributed by atoms with Crippen molar-refractivity contribution in [3.05, 3.63) is 65.5 Å². The van der Waals surface area contributed by atoms with Gasteiger partial charge < -0.3 is 10.2 Å². The van der Waals surface area contributed by atoms with Crippen LogP contribution < -0.4 is 9.62 Å². The van der Waals surface area contributed by atoms with E-state index in [0.717, 1.165) is 28.1 Å². The van der Waals surface area contributed by atoms with Crippen LogP contribution in [0.15, 0.2) is 48.5 Å². The average molecular weight is 506 g/mol. The van der Waals surface area contributed by atoms with Crippen LogP contribution in [0.2, 0.25) is 0 Å². The Morgan fingerprint density at radius 2 is 1.69 bits per heavy atom. The van der Waals surface area contributed by atoms with E-state index in [9.17, 15) is 22.4 Å². The number of rotatable bonds is 12. The molecule has 0 saturated heterocycles. The number of anilines is 1. The van der Waals surface area contributed by atoms with E-state index in [4.69, 9.17) is 0 Å². The van der Waals surface area contributed by atoms with Crippen LogP contribution in [0.1, 0.15) is 51.2 Å². The number of halogens is 1. The van der Waals surface area contributed by atoms with Gasteiger partial charge in [0.05, 0.1) is 11.9 Å². The molecule has 0 spiro atoms. The van der Waals surface area contributed by atoms with Gasteiger partial charge in [-0.2, -0.15) is 0 Å². The van der Waals surface area contributed by atoms with Gasteiger partial charge >= 0.3 is 0 Å². The van der Waals surface area contributed by atoms with Crippen LogP contribution in [-0.2, 0) is 26.2 Å². The van der Waals surface area contributed by atoms with Gasteiger partial charge in [-0.1, -0.05) is 48.9 Å². The lowest BCUT2D eigenvalue weighted by molar-refractivity contribution is -0.140. The summed E-state index contributed by atoms with van der Waals surface area (Å²) < 4.78 is 39.8. The third kappa shape index (κ3) is 8.35. The number of sulfonamides is 1. The topological polar surface area (TPSA) is 86.8 Å². The maximum absolute atomic E-state index is 14.3. The Hall–Kier alpha value is -2.94. The van der Waals surface area contributed by atoms with Gasteiger partial charge in [-0.15, -0.1) is 0 Å². The molecule has 7 nitrogen and oxygen atoms in total. The SMILES string of the molecule is CC[C@H](C)NC(=O)[C@@H](C)N(Cc1ccc(C)cc1)C(=O)CCCN(c1ccccc1F)S(C)(=O)=O. The molecule has 0 heterocycles. The molecular formula is C26H36FN3O4S. The van der Waals surface area contributed by atoms with E-state index in [0.29, 0.717) is 0 Å². The molecule has 1 N–H and O–H groups in total. The lowest BCUT2D eigenvalue weighted by Crippen LogP contribution is -2.49. The molecule has 35 heavy (non-hydrogen) atoms. The van der Waals surface area contributed by atoms with Crippen LogP contribution in [0.5, 0.6) is 0 Å². The summed E-state index contributed by atoms with van der Waals surface area (Å²) in [5, 5.41) is 2.92. The number of nitrogens with zero attached hydrogens (tertiary/aromatic N) is 2. The second-order valence-electron chi connectivity index (χ2n) is 8.89. The first kappa shape index (κ1) is 28.3. The highest BCUT2D eigenvalue weighted by molar-refractivity contribution is 7.92. The lowest BCUT2D eigenvalue weighted by atomic mass is 10.1. The van der Waals surface area contributed by atoms with Crippen molar-refractivity contribution < 1.29 is 22.4 Å². The normalized spacial score (nSPS) is 13.1. The first-order chi connectivity index (χ1) is 16.4. The van der Waals surface area contributed by atoms with Crippen molar-refractivity contribution in [1.29, 1.82) is 0 Å². The van der Waals surface area contributed by atoms with Crippen molar-refractivity contribution in [2.75, 3.05) is 17.1 Å². The number of aryl methyl sites for hydroxylation is 1. The highest BCUT2D eigenvalue weighted by Crippen LogP contribution is 2.22. The number of benzene rings is 2. The molecule has 0 aliphatic carbocycles. The Morgan fingerprint density at radius 1 is 1.06 bits per heavy atom. The summed E-state index contributed by atoms with van der Waals surface area (Å²) in [4.78, 5) is 27.6. The third-order valence-electron chi connectivity index (χ3n) is 5.92. The minimum atomic E-state index is -3.75. The fourth-order valence-corrected chi connectivity index (χ4v) is 4.54. The van der Waals surface area contributed by atoms with E-state index >= 15 is 0 Å². The molecule has 0 bridgehead atoms. The first-order valence-corrected chi connectivity index (χ1v) is 13.7. The molecule has 0 unspecified atom stereocenters. The van der Waals surface area contributed by atoms with Gasteiger partial charge in [0.25, 0.3) is 0 Å². The summed E-state index contributed by atoms with van der Waals surface area (Å²) in [6.07, 6.45) is 1.95. The fraction of sp³-hybridized carbons (Fsp3) is 0.462. The predicted octanol–water partition coefficient (Wildman–Crippen LogP) is 4.01. The van der Waals surface area contributed by atoms with Gasteiger partial charge in [0.1, 0.15) is 11.9 Å². The number of amides is 2. The van der Waals surface area contributed by atoms with Crippen molar-refractivity contribution in [3.8, 4) is 0 Å². The second kappa shape index (κ2) is 12.7. The van der Waals surface area contributed by atoms with E-state index < -0.39 is 21.9 Å². The van der Waals surface area contributed by atoms with E-state index in [1.165, 1.54) is 23.1 Å². The number of hydrogen-bond acceptors (Lipinski definition) is 4. The molecule has 9 heteroatoms. The highest BCUT2D eigenvalue weighted by Gasteiger charge is 2.27. The van der Waals surface area contributed by atoms with Gasteiger partial charge in [0.15, 0.2) is 0 Å². The number of hydrogen-bond donors (Lipinski definition) is 1. The Bertz CT molecular complexity index is 1110. The minimum absolute atomic E-state index is 0.00723. The summed E-state index contributed by atoms with van der Waals surface area (Å²) in [5.74, 6) is -1.18. The third-order valence-corrected chi connectivity index (χ3v) is 7.10. The van der Waals surface area contributed by atoms with Crippen LogP contribution in [-0.4, -0.2) is 50.0 Å². The molecule has 2 aromatic rings. The van der Waals surface area contributed by atoms with E-state index in [1.54, 1.807) is 13.0 Å². The molecule has 2 aromatic carbocycles. The van der Waals surface area contributed by atoms with Crippen LogP contribution >= 0.6 is 0 Å². The van der Waals surface area contributed by atoms with Crippen LogP contribution in [0.4, 0.5) is 10.1 Å². The molecule has 0 aliphatic heterocycles. The van der Waals surface area contributed by atoms with Crippen LogP contribution in [0, 0.1) is 12.7 Å². The monoisotopic (exact) mass is 505 g/mol. The summed E-state index contributed by atoms with van der Waals surface area (Å²) in [6, 6.07) is 12.6. The zero-order valence-electron chi connectivity index (χ0n) is 21.1. The van der Waals surface area contributed by atoms with Crippen molar-refractivity contribution in [2.45, 2.75) is 65.6 Å². The number of carbonyl (C=O) groups excluding carboxylic acids is 2. The molecule has 2 atom stereocenters. The minimum Gasteiger partial charge on any atom is -0.352 e. The highest BCUT2D eigenvalue weighted by atomic mass is 32.2. The summed E-state index contributed by atoms with van der Waals surface area (Å²) in [5.41, 5.74) is 1.92. The maximum atomic E-state index is 14.3. The fourth-order valence-electron chi connectivity index (χ4n) is 3.57. The Kier molecular flexibility index (Phi) is 10.2. The number of para-hydroxylation sites is 1. The summed E-state index contributed by atoms with van der Waals surface area (Å²) >= 11 is 0. The van der Waals surface area contributed by atoms with Crippen molar-refractivity contribution in [2.24, 2.45) is 0 Å². The maximum Gasteiger partial charge on any atom is 0.242 e. The lowest BCUT2D eigenvalue weighted by Gasteiger charge is -2.30. The van der Waals surface area contributed by atoms with E-state index in [-0.39, 0.29) is 49.5 Å². The van der Waals surface area contributed by atoms with Crippen molar-refractivity contribution in [1.82, 2.24) is 10.2 Å². The van der Waals surface area contributed by atoms with Gasteiger partial charge in [-0.25, -0.2) is 12.8 Å². The molecule has 0 fully saturated rings.